The fourth-order valence-corrected chi connectivity index (χ4v) is 3.08. The predicted octanol–water partition coefficient (Wildman–Crippen LogP) is 3.18. The van der Waals surface area contributed by atoms with Gasteiger partial charge in [0.2, 0.25) is 5.91 Å². The molecular formula is C17H15F3N2O5. The highest BCUT2D eigenvalue weighted by molar-refractivity contribution is 6.04. The minimum Gasteiger partial charge on any atom is -0.497 e. The van der Waals surface area contributed by atoms with Crippen LogP contribution in [-0.2, 0) is 4.79 Å². The Morgan fingerprint density at radius 3 is 2.56 bits per heavy atom. The van der Waals surface area contributed by atoms with Crippen molar-refractivity contribution in [3.63, 3.8) is 0 Å². The fourth-order valence-electron chi connectivity index (χ4n) is 3.08. The lowest BCUT2D eigenvalue weighted by Gasteiger charge is -2.27. The van der Waals surface area contributed by atoms with Crippen molar-refractivity contribution in [3.8, 4) is 17.2 Å². The summed E-state index contributed by atoms with van der Waals surface area (Å²) >= 11 is 0. The number of nitrogens with one attached hydrogen (secondary N) is 1. The first-order valence-electron chi connectivity index (χ1n) is 7.74. The highest BCUT2D eigenvalue weighted by Crippen LogP contribution is 2.47. The van der Waals surface area contributed by atoms with Gasteiger partial charge in [0, 0.05) is 18.7 Å². The number of aromatic nitrogens is 1. The van der Waals surface area contributed by atoms with Crippen LogP contribution in [0.5, 0.6) is 11.5 Å². The maximum absolute atomic E-state index is 13.6. The molecule has 0 saturated heterocycles. The van der Waals surface area contributed by atoms with Gasteiger partial charge >= 0.3 is 12.1 Å². The monoisotopic (exact) mass is 384 g/mol. The van der Waals surface area contributed by atoms with Crippen LogP contribution in [-0.4, -0.2) is 41.9 Å². The van der Waals surface area contributed by atoms with Gasteiger partial charge in [-0.2, -0.15) is 13.2 Å². The Morgan fingerprint density at radius 2 is 2.00 bits per heavy atom. The van der Waals surface area contributed by atoms with E-state index in [4.69, 9.17) is 9.47 Å². The number of hydrogen-bond donors (Lipinski definition) is 2. The van der Waals surface area contributed by atoms with Crippen LogP contribution in [0.1, 0.15) is 28.4 Å². The summed E-state index contributed by atoms with van der Waals surface area (Å²) in [6, 6.07) is 4.47. The molecule has 0 bridgehead atoms. The molecule has 1 amide bonds. The lowest BCUT2D eigenvalue weighted by molar-refractivity contribution is -0.157. The van der Waals surface area contributed by atoms with Crippen LogP contribution in [0.25, 0.3) is 5.69 Å². The number of alkyl halides is 3. The summed E-state index contributed by atoms with van der Waals surface area (Å²) in [5.41, 5.74) is -1.03. The summed E-state index contributed by atoms with van der Waals surface area (Å²) in [5, 5.41) is 11.7. The third-order valence-electron chi connectivity index (χ3n) is 4.30. The van der Waals surface area contributed by atoms with Crippen molar-refractivity contribution in [2.75, 3.05) is 19.5 Å². The summed E-state index contributed by atoms with van der Waals surface area (Å²) < 4.78 is 52.3. The SMILES string of the molecule is COc1ccc(OC)c(-n2cc(C(=O)O)c3c2[C@@H](C(F)(F)F)CC(=O)N3)c1. The number of halogens is 3. The number of methoxy groups -OCH3 is 2. The van der Waals surface area contributed by atoms with Gasteiger partial charge in [0.1, 0.15) is 23.0 Å². The Kier molecular flexibility index (Phi) is 4.50. The smallest absolute Gasteiger partial charge is 0.397 e. The lowest BCUT2D eigenvalue weighted by Crippen LogP contribution is -2.33. The number of benzene rings is 1. The molecule has 2 N–H and O–H groups in total. The molecule has 0 saturated carbocycles. The number of carboxylic acid groups (broad SMARTS) is 1. The molecule has 1 aliphatic heterocycles. The second-order valence-electron chi connectivity index (χ2n) is 5.86. The van der Waals surface area contributed by atoms with E-state index in [1.165, 1.54) is 26.4 Å². The van der Waals surface area contributed by atoms with Crippen LogP contribution >= 0.6 is 0 Å². The van der Waals surface area contributed by atoms with Crippen molar-refractivity contribution >= 4 is 17.6 Å². The van der Waals surface area contributed by atoms with Crippen molar-refractivity contribution in [1.29, 1.82) is 0 Å². The molecular weight excluding hydrogens is 369 g/mol. The number of carboxylic acids is 1. The number of rotatable bonds is 4. The zero-order valence-electron chi connectivity index (χ0n) is 14.3. The number of nitrogens with zero attached hydrogens (tertiary/aromatic N) is 1. The van der Waals surface area contributed by atoms with Crippen molar-refractivity contribution in [3.05, 3.63) is 35.7 Å². The van der Waals surface area contributed by atoms with Gasteiger partial charge < -0.3 is 24.5 Å². The van der Waals surface area contributed by atoms with E-state index in [1.54, 1.807) is 6.07 Å². The minimum atomic E-state index is -4.75. The van der Waals surface area contributed by atoms with Gasteiger partial charge in [-0.25, -0.2) is 4.79 Å². The molecule has 1 aromatic heterocycles. The van der Waals surface area contributed by atoms with Gasteiger partial charge in [-0.1, -0.05) is 0 Å². The van der Waals surface area contributed by atoms with Crippen LogP contribution in [0.3, 0.4) is 0 Å². The number of carbonyl (C=O) groups excluding carboxylic acids is 1. The maximum atomic E-state index is 13.6. The number of hydrogen-bond acceptors (Lipinski definition) is 4. The van der Waals surface area contributed by atoms with Gasteiger partial charge in [-0.3, -0.25) is 4.79 Å². The van der Waals surface area contributed by atoms with Crippen LogP contribution in [0.15, 0.2) is 24.4 Å². The van der Waals surface area contributed by atoms with E-state index < -0.39 is 36.0 Å². The molecule has 0 aliphatic carbocycles. The third kappa shape index (κ3) is 3.18. The number of aromatic carboxylic acids is 1. The lowest BCUT2D eigenvalue weighted by atomic mass is 9.94. The maximum Gasteiger partial charge on any atom is 0.397 e. The first kappa shape index (κ1) is 18.6. The molecule has 1 atom stereocenters. The van der Waals surface area contributed by atoms with Crippen molar-refractivity contribution in [2.45, 2.75) is 18.5 Å². The average Bonchev–Trinajstić information content (AvgIpc) is 2.98. The summed E-state index contributed by atoms with van der Waals surface area (Å²) in [7, 11) is 2.72. The number of ether oxygens (including phenoxy) is 2. The number of anilines is 1. The van der Waals surface area contributed by atoms with Gasteiger partial charge in [-0.05, 0) is 12.1 Å². The minimum absolute atomic E-state index is 0.158. The van der Waals surface area contributed by atoms with Crippen molar-refractivity contribution in [2.24, 2.45) is 0 Å². The number of amides is 1. The Labute approximate surface area is 151 Å². The highest BCUT2D eigenvalue weighted by atomic mass is 19.4. The first-order chi connectivity index (χ1) is 12.7. The van der Waals surface area contributed by atoms with E-state index in [0.717, 1.165) is 10.8 Å². The number of fused-ring (bicyclic) bond motifs is 1. The molecule has 0 fully saturated rings. The van der Waals surface area contributed by atoms with Crippen molar-refractivity contribution < 1.29 is 37.3 Å². The Bertz CT molecular complexity index is 920. The standard InChI is InChI=1S/C17H15F3N2O5/c1-26-8-3-4-12(27-2)11(5-8)22-7-9(16(24)25)14-15(22)10(17(18,19)20)6-13(23)21-14/h3-5,7,10H,6H2,1-2H3,(H,21,23)(H,24,25)/t10-/m0/s1. The average molecular weight is 384 g/mol. The summed E-state index contributed by atoms with van der Waals surface area (Å²) in [5.74, 6) is -3.97. The molecule has 144 valence electrons. The summed E-state index contributed by atoms with van der Waals surface area (Å²) in [6.07, 6.45) is -4.55. The van der Waals surface area contributed by atoms with E-state index in [0.29, 0.717) is 5.75 Å². The molecule has 1 aromatic carbocycles. The predicted molar refractivity (Wildman–Crippen MR) is 87.9 cm³/mol. The molecule has 1 aliphatic rings. The van der Waals surface area contributed by atoms with Crippen LogP contribution in [0.2, 0.25) is 0 Å². The third-order valence-corrected chi connectivity index (χ3v) is 4.30. The molecule has 0 radical (unpaired) electrons. The van der Waals surface area contributed by atoms with E-state index in [1.807, 2.05) is 0 Å². The molecule has 0 spiro atoms. The second-order valence-corrected chi connectivity index (χ2v) is 5.86. The number of carbonyl (C=O) groups is 2. The van der Waals surface area contributed by atoms with E-state index in [9.17, 15) is 27.9 Å². The Balaban J connectivity index is 2.34. The summed E-state index contributed by atoms with van der Waals surface area (Å²) in [4.78, 5) is 23.3. The van der Waals surface area contributed by atoms with Crippen LogP contribution < -0.4 is 14.8 Å². The van der Waals surface area contributed by atoms with E-state index in [-0.39, 0.29) is 22.8 Å². The largest absolute Gasteiger partial charge is 0.497 e. The molecule has 10 heteroatoms. The molecule has 0 unspecified atom stereocenters. The van der Waals surface area contributed by atoms with E-state index in [2.05, 4.69) is 5.32 Å². The second kappa shape index (κ2) is 6.53. The van der Waals surface area contributed by atoms with Crippen LogP contribution in [0.4, 0.5) is 18.9 Å². The molecule has 2 aromatic rings. The van der Waals surface area contributed by atoms with Gasteiger partial charge in [0.25, 0.3) is 0 Å². The van der Waals surface area contributed by atoms with Gasteiger partial charge in [0.15, 0.2) is 0 Å². The van der Waals surface area contributed by atoms with Gasteiger partial charge in [-0.15, -0.1) is 0 Å². The van der Waals surface area contributed by atoms with E-state index >= 15 is 0 Å². The highest BCUT2D eigenvalue weighted by Gasteiger charge is 2.48. The Morgan fingerprint density at radius 1 is 1.30 bits per heavy atom. The van der Waals surface area contributed by atoms with Gasteiger partial charge in [0.05, 0.1) is 31.3 Å². The zero-order chi connectivity index (χ0) is 19.9. The first-order valence-corrected chi connectivity index (χ1v) is 7.74. The quantitative estimate of drug-likeness (QED) is 0.845. The molecule has 7 nitrogen and oxygen atoms in total. The summed E-state index contributed by atoms with van der Waals surface area (Å²) in [6.45, 7) is 0. The normalized spacial score (nSPS) is 16.5. The van der Waals surface area contributed by atoms with Crippen LogP contribution in [0, 0.1) is 0 Å². The zero-order valence-corrected chi connectivity index (χ0v) is 14.3. The fraction of sp³-hybridized carbons (Fsp3) is 0.294. The molecule has 27 heavy (non-hydrogen) atoms. The Hall–Kier alpha value is -3.17. The molecule has 3 rings (SSSR count). The van der Waals surface area contributed by atoms with Crippen molar-refractivity contribution in [1.82, 2.24) is 4.57 Å². The topological polar surface area (TPSA) is 89.8 Å². The molecule has 2 heterocycles.